The van der Waals surface area contributed by atoms with Gasteiger partial charge in [0, 0.05) is 12.3 Å². The van der Waals surface area contributed by atoms with E-state index in [0.717, 1.165) is 16.8 Å². The van der Waals surface area contributed by atoms with Crippen LogP contribution in [-0.4, -0.2) is 43.1 Å². The van der Waals surface area contributed by atoms with Crippen molar-refractivity contribution >= 4 is 34.4 Å². The number of esters is 1. The van der Waals surface area contributed by atoms with Crippen molar-refractivity contribution < 1.29 is 18.7 Å². The quantitative estimate of drug-likeness (QED) is 0.511. The number of pyridine rings is 2. The molecule has 1 N–H and O–H groups in total. The topological polar surface area (TPSA) is 120 Å². The van der Waals surface area contributed by atoms with Crippen LogP contribution in [0.3, 0.4) is 0 Å². The molecule has 0 aliphatic rings. The van der Waals surface area contributed by atoms with E-state index in [1.807, 2.05) is 0 Å². The molecule has 0 atom stereocenters. The number of hydrogen-bond acceptors (Lipinski definition) is 7. The molecule has 0 radical (unpaired) electrons. The van der Waals surface area contributed by atoms with E-state index in [2.05, 4.69) is 25.1 Å². The number of fused-ring (bicyclic) bond motifs is 3. The van der Waals surface area contributed by atoms with Gasteiger partial charge < -0.3 is 10.1 Å². The first kappa shape index (κ1) is 18.2. The standard InChI is InChI=1S/C18H13FN6O4/c1-29-18(28)12-7-15-24(9-14(26)22-13-5-4-10(19)8-21-13)17(27)11-3-2-6-20-16(11)25(15)23-12/h2-8H,9H2,1H3,(H,21,22,26). The van der Waals surface area contributed by atoms with Crippen molar-refractivity contribution in [3.05, 3.63) is 64.6 Å². The number of rotatable bonds is 4. The highest BCUT2D eigenvalue weighted by Crippen LogP contribution is 2.14. The molecule has 29 heavy (non-hydrogen) atoms. The Morgan fingerprint density at radius 2 is 2.07 bits per heavy atom. The average Bonchev–Trinajstić information content (AvgIpc) is 3.18. The van der Waals surface area contributed by atoms with Crippen molar-refractivity contribution in [1.82, 2.24) is 24.1 Å². The molecular weight excluding hydrogens is 383 g/mol. The SMILES string of the molecule is COC(=O)c1cc2n(CC(=O)Nc3ccc(F)cn3)c(=O)c3cccnc3n2n1. The average molecular weight is 396 g/mol. The van der Waals surface area contributed by atoms with Gasteiger partial charge in [0.05, 0.1) is 18.7 Å². The Labute approximate surface area is 161 Å². The fourth-order valence-corrected chi connectivity index (χ4v) is 2.83. The van der Waals surface area contributed by atoms with E-state index < -0.39 is 29.8 Å². The van der Waals surface area contributed by atoms with E-state index >= 15 is 0 Å². The van der Waals surface area contributed by atoms with E-state index in [1.165, 1.54) is 30.0 Å². The highest BCUT2D eigenvalue weighted by Gasteiger charge is 2.19. The Morgan fingerprint density at radius 1 is 1.24 bits per heavy atom. The molecule has 0 fully saturated rings. The van der Waals surface area contributed by atoms with Crippen LogP contribution in [0, 0.1) is 5.82 Å². The van der Waals surface area contributed by atoms with Crippen molar-refractivity contribution in [1.29, 1.82) is 0 Å². The summed E-state index contributed by atoms with van der Waals surface area (Å²) in [6, 6.07) is 6.90. The molecule has 4 rings (SSSR count). The summed E-state index contributed by atoms with van der Waals surface area (Å²) >= 11 is 0. The lowest BCUT2D eigenvalue weighted by Crippen LogP contribution is -2.29. The predicted molar refractivity (Wildman–Crippen MR) is 98.9 cm³/mol. The van der Waals surface area contributed by atoms with Crippen LogP contribution in [0.15, 0.2) is 47.5 Å². The molecule has 0 bridgehead atoms. The normalized spacial score (nSPS) is 11.0. The Bertz CT molecular complexity index is 1310. The van der Waals surface area contributed by atoms with Crippen LogP contribution in [0.2, 0.25) is 0 Å². The summed E-state index contributed by atoms with van der Waals surface area (Å²) in [6.07, 6.45) is 2.44. The van der Waals surface area contributed by atoms with Gasteiger partial charge in [-0.15, -0.1) is 0 Å². The maximum atomic E-state index is 13.0. The zero-order chi connectivity index (χ0) is 20.5. The fraction of sp³-hybridized carbons (Fsp3) is 0.111. The van der Waals surface area contributed by atoms with Gasteiger partial charge in [-0.25, -0.2) is 19.2 Å². The largest absolute Gasteiger partial charge is 0.464 e. The number of ether oxygens (including phenoxy) is 1. The van der Waals surface area contributed by atoms with Gasteiger partial charge in [0.15, 0.2) is 11.3 Å². The van der Waals surface area contributed by atoms with Crippen LogP contribution in [0.25, 0.3) is 16.7 Å². The second-order valence-corrected chi connectivity index (χ2v) is 5.97. The number of aromatic nitrogens is 5. The Hall–Kier alpha value is -4.15. The van der Waals surface area contributed by atoms with Crippen molar-refractivity contribution in [3.8, 4) is 0 Å². The molecule has 0 aromatic carbocycles. The first-order chi connectivity index (χ1) is 14.0. The zero-order valence-electron chi connectivity index (χ0n) is 15.0. The molecular formula is C18H13FN6O4. The lowest BCUT2D eigenvalue weighted by molar-refractivity contribution is -0.116. The summed E-state index contributed by atoms with van der Waals surface area (Å²) < 4.78 is 20.1. The van der Waals surface area contributed by atoms with Crippen LogP contribution in [0.4, 0.5) is 10.2 Å². The van der Waals surface area contributed by atoms with Crippen LogP contribution in [-0.2, 0) is 16.1 Å². The van der Waals surface area contributed by atoms with Gasteiger partial charge in [-0.05, 0) is 24.3 Å². The molecule has 10 nitrogen and oxygen atoms in total. The number of methoxy groups -OCH3 is 1. The molecule has 4 heterocycles. The molecule has 4 aromatic rings. The molecule has 11 heteroatoms. The van der Waals surface area contributed by atoms with E-state index in [0.29, 0.717) is 0 Å². The highest BCUT2D eigenvalue weighted by atomic mass is 19.1. The summed E-state index contributed by atoms with van der Waals surface area (Å²) in [5.41, 5.74) is -0.109. The van der Waals surface area contributed by atoms with Gasteiger partial charge in [0.25, 0.3) is 5.56 Å². The van der Waals surface area contributed by atoms with Gasteiger partial charge in [0.2, 0.25) is 5.91 Å². The molecule has 1 amide bonds. The van der Waals surface area contributed by atoms with Gasteiger partial charge in [-0.1, -0.05) is 0 Å². The molecule has 0 spiro atoms. The van der Waals surface area contributed by atoms with Crippen LogP contribution in [0.1, 0.15) is 10.5 Å². The number of nitrogens with one attached hydrogen (secondary N) is 1. The Kier molecular flexibility index (Phi) is 4.47. The number of carbonyl (C=O) groups excluding carboxylic acids is 2. The molecule has 146 valence electrons. The minimum absolute atomic E-state index is 0.0422. The van der Waals surface area contributed by atoms with E-state index in [9.17, 15) is 18.8 Å². The van der Waals surface area contributed by atoms with Crippen molar-refractivity contribution in [3.63, 3.8) is 0 Å². The maximum Gasteiger partial charge on any atom is 0.358 e. The number of amides is 1. The first-order valence-corrected chi connectivity index (χ1v) is 8.35. The molecule has 0 aliphatic carbocycles. The first-order valence-electron chi connectivity index (χ1n) is 8.35. The van der Waals surface area contributed by atoms with Crippen molar-refractivity contribution in [2.24, 2.45) is 0 Å². The van der Waals surface area contributed by atoms with Crippen LogP contribution < -0.4 is 10.9 Å². The molecule has 0 saturated carbocycles. The summed E-state index contributed by atoms with van der Waals surface area (Å²) in [5, 5.41) is 6.85. The highest BCUT2D eigenvalue weighted by molar-refractivity contribution is 5.91. The van der Waals surface area contributed by atoms with E-state index in [4.69, 9.17) is 0 Å². The number of nitrogens with zero attached hydrogens (tertiary/aromatic N) is 5. The number of hydrogen-bond donors (Lipinski definition) is 1. The fourth-order valence-electron chi connectivity index (χ4n) is 2.83. The lowest BCUT2D eigenvalue weighted by atomic mass is 10.3. The third kappa shape index (κ3) is 3.29. The van der Waals surface area contributed by atoms with Gasteiger partial charge in [-0.3, -0.25) is 14.2 Å². The van der Waals surface area contributed by atoms with Crippen LogP contribution >= 0.6 is 0 Å². The summed E-state index contributed by atoms with van der Waals surface area (Å²) in [4.78, 5) is 45.2. The summed E-state index contributed by atoms with van der Waals surface area (Å²) in [5.74, 6) is -1.68. The monoisotopic (exact) mass is 396 g/mol. The van der Waals surface area contributed by atoms with Crippen LogP contribution in [0.5, 0.6) is 0 Å². The minimum Gasteiger partial charge on any atom is -0.464 e. The smallest absolute Gasteiger partial charge is 0.358 e. The van der Waals surface area contributed by atoms with Gasteiger partial charge >= 0.3 is 5.97 Å². The van der Waals surface area contributed by atoms with Gasteiger partial charge in [-0.2, -0.15) is 9.61 Å². The third-order valence-electron chi connectivity index (χ3n) is 4.12. The maximum absolute atomic E-state index is 13.0. The number of carbonyl (C=O) groups is 2. The Morgan fingerprint density at radius 3 is 2.79 bits per heavy atom. The van der Waals surface area contributed by atoms with Gasteiger partial charge in [0.1, 0.15) is 23.8 Å². The Balaban J connectivity index is 1.81. The third-order valence-corrected chi connectivity index (χ3v) is 4.12. The molecule has 4 aromatic heterocycles. The molecule has 0 saturated heterocycles. The summed E-state index contributed by atoms with van der Waals surface area (Å²) in [7, 11) is 1.21. The number of halogens is 1. The van der Waals surface area contributed by atoms with Crippen molar-refractivity contribution in [2.45, 2.75) is 6.54 Å². The minimum atomic E-state index is -0.697. The predicted octanol–water partition coefficient (Wildman–Crippen LogP) is 1.00. The molecule has 0 aliphatic heterocycles. The van der Waals surface area contributed by atoms with Crippen molar-refractivity contribution in [2.75, 3.05) is 12.4 Å². The van der Waals surface area contributed by atoms with E-state index in [1.54, 1.807) is 12.1 Å². The van der Waals surface area contributed by atoms with E-state index in [-0.39, 0.29) is 28.2 Å². The summed E-state index contributed by atoms with van der Waals surface area (Å²) in [6.45, 7) is -0.390. The molecule has 0 unspecified atom stereocenters. The second kappa shape index (κ2) is 7.11. The second-order valence-electron chi connectivity index (χ2n) is 5.97. The zero-order valence-corrected chi connectivity index (χ0v) is 15.0. The number of anilines is 1. The lowest BCUT2D eigenvalue weighted by Gasteiger charge is -2.10.